The molecule has 1 heterocycles. The van der Waals surface area contributed by atoms with E-state index in [1.165, 1.54) is 0 Å². The number of nitrogens with zero attached hydrogens (tertiary/aromatic N) is 1. The van der Waals surface area contributed by atoms with E-state index in [0.717, 1.165) is 0 Å². The molecule has 0 atom stereocenters. The summed E-state index contributed by atoms with van der Waals surface area (Å²) in [6, 6.07) is 16.0. The summed E-state index contributed by atoms with van der Waals surface area (Å²) in [5, 5.41) is 0. The van der Waals surface area contributed by atoms with Crippen molar-refractivity contribution in [3.63, 3.8) is 0 Å². The number of para-hydroxylation sites is 1. The lowest BCUT2D eigenvalue weighted by Crippen LogP contribution is -2.40. The minimum absolute atomic E-state index is 0.0715. The predicted octanol–water partition coefficient (Wildman–Crippen LogP) is 2.29. The maximum absolute atomic E-state index is 12.9. The van der Waals surface area contributed by atoms with Gasteiger partial charge in [0.05, 0.1) is 5.56 Å². The summed E-state index contributed by atoms with van der Waals surface area (Å²) < 4.78 is 5.35. The number of primary amides is 1. The third kappa shape index (κ3) is 4.53. The second-order valence-electron chi connectivity index (χ2n) is 6.55. The molecule has 1 saturated heterocycles. The first-order valence-electron chi connectivity index (χ1n) is 8.95. The first-order chi connectivity index (χ1) is 13.1. The number of Topliss-reactive ketones (excluding diaryl/α,β-unsaturated/α-hetero) is 1. The van der Waals surface area contributed by atoms with E-state index in [9.17, 15) is 14.4 Å². The van der Waals surface area contributed by atoms with E-state index < -0.39 is 5.91 Å². The highest BCUT2D eigenvalue weighted by Gasteiger charge is 2.29. The van der Waals surface area contributed by atoms with Crippen molar-refractivity contribution in [1.82, 2.24) is 4.90 Å². The fourth-order valence-electron chi connectivity index (χ4n) is 3.27. The molecule has 0 bridgehead atoms. The summed E-state index contributed by atoms with van der Waals surface area (Å²) in [7, 11) is 0. The number of ether oxygens (including phenoxy) is 1. The number of nitrogens with two attached hydrogens (primary N) is 1. The van der Waals surface area contributed by atoms with Gasteiger partial charge in [0.15, 0.2) is 12.4 Å². The van der Waals surface area contributed by atoms with Crippen LogP contribution in [0.3, 0.4) is 0 Å². The van der Waals surface area contributed by atoms with Gasteiger partial charge in [-0.2, -0.15) is 0 Å². The van der Waals surface area contributed by atoms with Gasteiger partial charge in [-0.1, -0.05) is 42.5 Å². The topological polar surface area (TPSA) is 89.7 Å². The van der Waals surface area contributed by atoms with Crippen molar-refractivity contribution in [2.45, 2.75) is 12.8 Å². The van der Waals surface area contributed by atoms with Crippen LogP contribution in [0.5, 0.6) is 5.75 Å². The molecule has 0 saturated carbocycles. The van der Waals surface area contributed by atoms with Crippen LogP contribution < -0.4 is 10.5 Å². The van der Waals surface area contributed by atoms with E-state index in [2.05, 4.69) is 0 Å². The maximum Gasteiger partial charge on any atom is 0.257 e. The normalized spacial score (nSPS) is 14.6. The molecule has 3 rings (SSSR count). The zero-order valence-electron chi connectivity index (χ0n) is 15.0. The Kier molecular flexibility index (Phi) is 5.86. The van der Waals surface area contributed by atoms with Gasteiger partial charge < -0.3 is 15.4 Å². The number of rotatable bonds is 6. The summed E-state index contributed by atoms with van der Waals surface area (Å²) in [6.45, 7) is 0.733. The van der Waals surface area contributed by atoms with Gasteiger partial charge in [0.1, 0.15) is 5.75 Å². The second-order valence-corrected chi connectivity index (χ2v) is 6.55. The minimum atomic E-state index is -0.600. The van der Waals surface area contributed by atoms with Crippen molar-refractivity contribution in [3.8, 4) is 5.75 Å². The van der Waals surface area contributed by atoms with Gasteiger partial charge in [-0.25, -0.2) is 0 Å². The third-order valence-electron chi connectivity index (χ3n) is 4.70. The van der Waals surface area contributed by atoms with Crippen molar-refractivity contribution in [2.75, 3.05) is 19.7 Å². The standard InChI is InChI=1S/C21H22N2O4/c22-19(24)14-27-18-9-5-4-8-17(18)21(26)23-12-10-16(11-13-23)20(25)15-6-2-1-3-7-15/h1-9,16H,10-14H2,(H2,22,24). The zero-order chi connectivity index (χ0) is 19.2. The van der Waals surface area contributed by atoms with E-state index >= 15 is 0 Å². The van der Waals surface area contributed by atoms with E-state index in [4.69, 9.17) is 10.5 Å². The monoisotopic (exact) mass is 366 g/mol. The van der Waals surface area contributed by atoms with Crippen LogP contribution in [-0.4, -0.2) is 42.2 Å². The molecule has 1 fully saturated rings. The van der Waals surface area contributed by atoms with Gasteiger partial charge >= 0.3 is 0 Å². The molecule has 2 N–H and O–H groups in total. The predicted molar refractivity (Wildman–Crippen MR) is 101 cm³/mol. The molecule has 1 aliphatic heterocycles. The lowest BCUT2D eigenvalue weighted by Gasteiger charge is -2.31. The lowest BCUT2D eigenvalue weighted by molar-refractivity contribution is -0.119. The van der Waals surface area contributed by atoms with Gasteiger partial charge in [0.25, 0.3) is 11.8 Å². The van der Waals surface area contributed by atoms with Crippen molar-refractivity contribution >= 4 is 17.6 Å². The highest BCUT2D eigenvalue weighted by Crippen LogP contribution is 2.25. The molecule has 6 heteroatoms. The highest BCUT2D eigenvalue weighted by molar-refractivity contribution is 5.99. The Morgan fingerprint density at radius 3 is 2.26 bits per heavy atom. The number of carbonyl (C=O) groups excluding carboxylic acids is 3. The second kappa shape index (κ2) is 8.49. The van der Waals surface area contributed by atoms with Crippen molar-refractivity contribution in [2.24, 2.45) is 11.7 Å². The van der Waals surface area contributed by atoms with Crippen LogP contribution in [0.2, 0.25) is 0 Å². The summed E-state index contributed by atoms with van der Waals surface area (Å²) in [4.78, 5) is 38.1. The fraction of sp³-hybridized carbons (Fsp3) is 0.286. The number of hydrogen-bond donors (Lipinski definition) is 1. The van der Waals surface area contributed by atoms with E-state index in [0.29, 0.717) is 42.8 Å². The quantitative estimate of drug-likeness (QED) is 0.794. The van der Waals surface area contributed by atoms with Gasteiger partial charge in [-0.15, -0.1) is 0 Å². The van der Waals surface area contributed by atoms with Crippen LogP contribution in [0.15, 0.2) is 54.6 Å². The Labute approximate surface area is 157 Å². The summed E-state index contributed by atoms with van der Waals surface area (Å²) in [6.07, 6.45) is 1.26. The number of likely N-dealkylation sites (tertiary alicyclic amines) is 1. The Balaban J connectivity index is 1.64. The largest absolute Gasteiger partial charge is 0.483 e. The number of piperidine rings is 1. The fourth-order valence-corrected chi connectivity index (χ4v) is 3.27. The van der Waals surface area contributed by atoms with Crippen LogP contribution in [-0.2, 0) is 4.79 Å². The van der Waals surface area contributed by atoms with E-state index in [1.807, 2.05) is 30.3 Å². The summed E-state index contributed by atoms with van der Waals surface area (Å²) in [5.74, 6) is -0.368. The van der Waals surface area contributed by atoms with Gasteiger partial charge in [0, 0.05) is 24.6 Å². The molecular formula is C21H22N2O4. The first kappa shape index (κ1) is 18.6. The van der Waals surface area contributed by atoms with Crippen molar-refractivity contribution < 1.29 is 19.1 Å². The average molecular weight is 366 g/mol. The molecule has 2 aromatic carbocycles. The van der Waals surface area contributed by atoms with E-state index in [-0.39, 0.29) is 24.2 Å². The maximum atomic E-state index is 12.9. The van der Waals surface area contributed by atoms with Crippen LogP contribution in [0, 0.1) is 5.92 Å². The number of ketones is 1. The molecule has 0 unspecified atom stereocenters. The molecule has 6 nitrogen and oxygen atoms in total. The molecule has 0 aromatic heterocycles. The molecule has 0 radical (unpaired) electrons. The van der Waals surface area contributed by atoms with Crippen molar-refractivity contribution in [3.05, 3.63) is 65.7 Å². The van der Waals surface area contributed by atoms with Crippen LogP contribution in [0.4, 0.5) is 0 Å². The van der Waals surface area contributed by atoms with E-state index in [1.54, 1.807) is 29.2 Å². The van der Waals surface area contributed by atoms with Gasteiger partial charge in [-0.3, -0.25) is 14.4 Å². The first-order valence-corrected chi connectivity index (χ1v) is 8.95. The molecule has 0 aliphatic carbocycles. The Hall–Kier alpha value is -3.15. The Bertz CT molecular complexity index is 827. The molecule has 0 spiro atoms. The van der Waals surface area contributed by atoms with Gasteiger partial charge in [-0.05, 0) is 25.0 Å². The van der Waals surface area contributed by atoms with Crippen LogP contribution in [0.1, 0.15) is 33.6 Å². The number of hydrogen-bond acceptors (Lipinski definition) is 4. The van der Waals surface area contributed by atoms with Crippen molar-refractivity contribution in [1.29, 1.82) is 0 Å². The minimum Gasteiger partial charge on any atom is -0.483 e. The van der Waals surface area contributed by atoms with Gasteiger partial charge in [0.2, 0.25) is 0 Å². The number of carbonyl (C=O) groups is 3. The van der Waals surface area contributed by atoms with Crippen LogP contribution >= 0.6 is 0 Å². The molecule has 2 amide bonds. The Morgan fingerprint density at radius 2 is 1.59 bits per heavy atom. The molecule has 2 aromatic rings. The Morgan fingerprint density at radius 1 is 0.963 bits per heavy atom. The molecule has 140 valence electrons. The highest BCUT2D eigenvalue weighted by atomic mass is 16.5. The lowest BCUT2D eigenvalue weighted by atomic mass is 9.88. The summed E-state index contributed by atoms with van der Waals surface area (Å²) in [5.41, 5.74) is 6.22. The molecule has 1 aliphatic rings. The number of benzene rings is 2. The third-order valence-corrected chi connectivity index (χ3v) is 4.70. The number of amides is 2. The SMILES string of the molecule is NC(=O)COc1ccccc1C(=O)N1CCC(C(=O)c2ccccc2)CC1. The smallest absolute Gasteiger partial charge is 0.257 e. The average Bonchev–Trinajstić information content (AvgIpc) is 2.72. The molecular weight excluding hydrogens is 344 g/mol. The molecule has 27 heavy (non-hydrogen) atoms. The summed E-state index contributed by atoms with van der Waals surface area (Å²) >= 11 is 0. The zero-order valence-corrected chi connectivity index (χ0v) is 15.0. The van der Waals surface area contributed by atoms with Crippen LogP contribution in [0.25, 0.3) is 0 Å².